The molecule has 0 radical (unpaired) electrons. The fourth-order valence-corrected chi connectivity index (χ4v) is 2.33. The molecule has 2 N–H and O–H groups in total. The average Bonchev–Trinajstić information content (AvgIpc) is 2.86. The first-order chi connectivity index (χ1) is 9.24. The standard InChI is InChI=1S/C14H17N3O2/c1-10-2-3-11(13-9-14(15)16-19-13)12(8-10)17-4-6-18-7-5-17/h2-3,8-9H,4-7H2,1H3,(H2,15,16). The zero-order chi connectivity index (χ0) is 13.2. The number of nitrogen functional groups attached to an aromatic ring is 1. The van der Waals surface area contributed by atoms with Gasteiger partial charge in [-0.1, -0.05) is 11.2 Å². The number of benzene rings is 1. The smallest absolute Gasteiger partial charge is 0.171 e. The first-order valence-corrected chi connectivity index (χ1v) is 6.40. The number of hydrogen-bond donors (Lipinski definition) is 1. The van der Waals surface area contributed by atoms with Gasteiger partial charge in [-0.2, -0.15) is 0 Å². The van der Waals surface area contributed by atoms with Crippen LogP contribution >= 0.6 is 0 Å². The third-order valence-corrected chi connectivity index (χ3v) is 3.30. The van der Waals surface area contributed by atoms with Gasteiger partial charge < -0.3 is 19.9 Å². The van der Waals surface area contributed by atoms with Gasteiger partial charge in [-0.3, -0.25) is 0 Å². The minimum absolute atomic E-state index is 0.406. The quantitative estimate of drug-likeness (QED) is 0.894. The van der Waals surface area contributed by atoms with Crippen LogP contribution in [0.2, 0.25) is 0 Å². The molecule has 5 nitrogen and oxygen atoms in total. The van der Waals surface area contributed by atoms with E-state index in [-0.39, 0.29) is 0 Å². The maximum absolute atomic E-state index is 5.64. The summed E-state index contributed by atoms with van der Waals surface area (Å²) < 4.78 is 10.7. The number of nitrogens with zero attached hydrogens (tertiary/aromatic N) is 2. The zero-order valence-electron chi connectivity index (χ0n) is 10.9. The summed E-state index contributed by atoms with van der Waals surface area (Å²) in [6, 6.07) is 8.05. The van der Waals surface area contributed by atoms with E-state index in [2.05, 4.69) is 35.2 Å². The summed E-state index contributed by atoms with van der Waals surface area (Å²) in [6.07, 6.45) is 0. The first-order valence-electron chi connectivity index (χ1n) is 6.40. The first kappa shape index (κ1) is 12.0. The third kappa shape index (κ3) is 2.42. The Morgan fingerprint density at radius 1 is 1.21 bits per heavy atom. The van der Waals surface area contributed by atoms with Gasteiger partial charge in [0.25, 0.3) is 0 Å². The summed E-state index contributed by atoms with van der Waals surface area (Å²) in [4.78, 5) is 2.31. The summed E-state index contributed by atoms with van der Waals surface area (Å²) in [6.45, 7) is 5.38. The molecule has 1 aliphatic rings. The molecule has 1 saturated heterocycles. The van der Waals surface area contributed by atoms with Crippen LogP contribution in [0.4, 0.5) is 11.5 Å². The van der Waals surface area contributed by atoms with Gasteiger partial charge in [0.1, 0.15) is 0 Å². The summed E-state index contributed by atoms with van der Waals surface area (Å²) in [5, 5.41) is 3.76. The molecule has 3 rings (SSSR count). The summed E-state index contributed by atoms with van der Waals surface area (Å²) >= 11 is 0. The van der Waals surface area contributed by atoms with E-state index in [1.165, 1.54) is 5.56 Å². The Morgan fingerprint density at radius 3 is 2.68 bits per heavy atom. The molecule has 1 aliphatic heterocycles. The van der Waals surface area contributed by atoms with Crippen LogP contribution in [0, 0.1) is 6.92 Å². The van der Waals surface area contributed by atoms with Crippen molar-refractivity contribution >= 4 is 11.5 Å². The van der Waals surface area contributed by atoms with Crippen LogP contribution < -0.4 is 10.6 Å². The number of aromatic nitrogens is 1. The van der Waals surface area contributed by atoms with Crippen molar-refractivity contribution in [2.45, 2.75) is 6.92 Å². The van der Waals surface area contributed by atoms with Gasteiger partial charge >= 0.3 is 0 Å². The lowest BCUT2D eigenvalue weighted by atomic mass is 10.1. The second-order valence-electron chi connectivity index (χ2n) is 4.74. The van der Waals surface area contributed by atoms with Crippen LogP contribution in [0.1, 0.15) is 5.56 Å². The summed E-state index contributed by atoms with van der Waals surface area (Å²) in [7, 11) is 0. The van der Waals surface area contributed by atoms with Crippen molar-refractivity contribution in [2.75, 3.05) is 36.9 Å². The number of aryl methyl sites for hydroxylation is 1. The number of rotatable bonds is 2. The molecular formula is C14H17N3O2. The number of morpholine rings is 1. The highest BCUT2D eigenvalue weighted by Crippen LogP contribution is 2.33. The topological polar surface area (TPSA) is 64.5 Å². The maximum Gasteiger partial charge on any atom is 0.171 e. The molecule has 0 bridgehead atoms. The molecule has 0 atom stereocenters. The minimum Gasteiger partial charge on any atom is -0.381 e. The molecule has 1 aromatic carbocycles. The summed E-state index contributed by atoms with van der Waals surface area (Å²) in [5.74, 6) is 1.11. The minimum atomic E-state index is 0.406. The van der Waals surface area contributed by atoms with Crippen LogP contribution in [-0.2, 0) is 4.74 Å². The van der Waals surface area contributed by atoms with Crippen molar-refractivity contribution in [3.05, 3.63) is 29.8 Å². The molecule has 2 aromatic rings. The van der Waals surface area contributed by atoms with Crippen LogP contribution in [0.15, 0.2) is 28.8 Å². The molecule has 19 heavy (non-hydrogen) atoms. The van der Waals surface area contributed by atoms with E-state index in [0.717, 1.165) is 37.6 Å². The second kappa shape index (κ2) is 4.93. The average molecular weight is 259 g/mol. The Bertz CT molecular complexity index is 574. The van der Waals surface area contributed by atoms with Gasteiger partial charge in [-0.25, -0.2) is 0 Å². The van der Waals surface area contributed by atoms with Crippen molar-refractivity contribution in [1.82, 2.24) is 5.16 Å². The van der Waals surface area contributed by atoms with E-state index in [9.17, 15) is 0 Å². The Labute approximate surface area is 111 Å². The molecule has 2 heterocycles. The van der Waals surface area contributed by atoms with Gasteiger partial charge in [0.2, 0.25) is 0 Å². The van der Waals surface area contributed by atoms with Crippen LogP contribution in [0.25, 0.3) is 11.3 Å². The van der Waals surface area contributed by atoms with E-state index in [1.54, 1.807) is 6.07 Å². The van der Waals surface area contributed by atoms with Crippen molar-refractivity contribution in [3.63, 3.8) is 0 Å². The van der Waals surface area contributed by atoms with Crippen molar-refractivity contribution < 1.29 is 9.26 Å². The Kier molecular flexibility index (Phi) is 3.13. The van der Waals surface area contributed by atoms with Crippen molar-refractivity contribution in [2.24, 2.45) is 0 Å². The monoisotopic (exact) mass is 259 g/mol. The largest absolute Gasteiger partial charge is 0.381 e. The molecule has 0 spiro atoms. The molecule has 5 heteroatoms. The number of hydrogen-bond acceptors (Lipinski definition) is 5. The molecule has 1 fully saturated rings. The van der Waals surface area contributed by atoms with Gasteiger partial charge in [0.15, 0.2) is 11.6 Å². The lowest BCUT2D eigenvalue weighted by molar-refractivity contribution is 0.122. The van der Waals surface area contributed by atoms with Crippen LogP contribution in [0.5, 0.6) is 0 Å². The van der Waals surface area contributed by atoms with E-state index < -0.39 is 0 Å². The molecule has 1 aromatic heterocycles. The Hall–Kier alpha value is -2.01. The van der Waals surface area contributed by atoms with Gasteiger partial charge in [-0.15, -0.1) is 0 Å². The maximum atomic E-state index is 5.64. The lowest BCUT2D eigenvalue weighted by Gasteiger charge is -2.30. The van der Waals surface area contributed by atoms with Crippen LogP contribution in [-0.4, -0.2) is 31.5 Å². The fraction of sp³-hybridized carbons (Fsp3) is 0.357. The van der Waals surface area contributed by atoms with Gasteiger partial charge in [-0.05, 0) is 24.6 Å². The predicted octanol–water partition coefficient (Wildman–Crippen LogP) is 2.07. The van der Waals surface area contributed by atoms with E-state index in [0.29, 0.717) is 11.6 Å². The van der Waals surface area contributed by atoms with Gasteiger partial charge in [0, 0.05) is 30.4 Å². The predicted molar refractivity (Wildman–Crippen MR) is 74.1 cm³/mol. The molecule has 0 saturated carbocycles. The SMILES string of the molecule is Cc1ccc(-c2cc(N)no2)c(N2CCOCC2)c1. The molecule has 0 unspecified atom stereocenters. The Balaban J connectivity index is 2.03. The zero-order valence-corrected chi connectivity index (χ0v) is 10.9. The molecule has 100 valence electrons. The second-order valence-corrected chi connectivity index (χ2v) is 4.74. The molecular weight excluding hydrogens is 242 g/mol. The lowest BCUT2D eigenvalue weighted by Crippen LogP contribution is -2.36. The number of anilines is 2. The van der Waals surface area contributed by atoms with Crippen molar-refractivity contribution in [3.8, 4) is 11.3 Å². The molecule has 0 aliphatic carbocycles. The van der Waals surface area contributed by atoms with Crippen molar-refractivity contribution in [1.29, 1.82) is 0 Å². The van der Waals surface area contributed by atoms with E-state index in [4.69, 9.17) is 15.0 Å². The van der Waals surface area contributed by atoms with Crippen LogP contribution in [0.3, 0.4) is 0 Å². The summed E-state index contributed by atoms with van der Waals surface area (Å²) in [5.41, 5.74) is 9.03. The highest BCUT2D eigenvalue weighted by molar-refractivity contribution is 5.77. The molecule has 0 amide bonds. The van der Waals surface area contributed by atoms with E-state index in [1.807, 2.05) is 0 Å². The van der Waals surface area contributed by atoms with E-state index >= 15 is 0 Å². The highest BCUT2D eigenvalue weighted by atomic mass is 16.5. The normalized spacial score (nSPS) is 15.7. The fourth-order valence-electron chi connectivity index (χ4n) is 2.33. The number of nitrogens with two attached hydrogens (primary N) is 1. The highest BCUT2D eigenvalue weighted by Gasteiger charge is 2.18. The Morgan fingerprint density at radius 2 is 2.00 bits per heavy atom. The number of ether oxygens (including phenoxy) is 1. The third-order valence-electron chi connectivity index (χ3n) is 3.30. The van der Waals surface area contributed by atoms with Gasteiger partial charge in [0.05, 0.1) is 13.2 Å².